The van der Waals surface area contributed by atoms with E-state index in [1.807, 2.05) is 30.3 Å². The molecule has 0 saturated carbocycles. The topological polar surface area (TPSA) is 61.4 Å². The summed E-state index contributed by atoms with van der Waals surface area (Å²) in [7, 11) is 0. The lowest BCUT2D eigenvalue weighted by Gasteiger charge is -2.17. The van der Waals surface area contributed by atoms with E-state index in [2.05, 4.69) is 10.6 Å². The SMILES string of the molecule is O=C(Nc1ccc(F)c(Cl)c1)NC1CC(=O)N(Cc2ccccc2)C1. The summed E-state index contributed by atoms with van der Waals surface area (Å²) in [5.41, 5.74) is 1.43. The number of amides is 3. The normalized spacial score (nSPS) is 16.8. The molecule has 130 valence electrons. The Kier molecular flexibility index (Phi) is 5.19. The highest BCUT2D eigenvalue weighted by molar-refractivity contribution is 6.31. The van der Waals surface area contributed by atoms with Gasteiger partial charge in [-0.2, -0.15) is 0 Å². The van der Waals surface area contributed by atoms with E-state index < -0.39 is 11.8 Å². The Balaban J connectivity index is 1.54. The maximum absolute atomic E-state index is 13.1. The molecule has 5 nitrogen and oxygen atoms in total. The molecule has 0 bridgehead atoms. The average molecular weight is 362 g/mol. The molecule has 1 heterocycles. The van der Waals surface area contributed by atoms with Crippen molar-refractivity contribution < 1.29 is 14.0 Å². The van der Waals surface area contributed by atoms with Crippen LogP contribution in [0.5, 0.6) is 0 Å². The molecule has 1 atom stereocenters. The molecule has 0 aromatic heterocycles. The van der Waals surface area contributed by atoms with Gasteiger partial charge < -0.3 is 15.5 Å². The van der Waals surface area contributed by atoms with Gasteiger partial charge in [-0.25, -0.2) is 9.18 Å². The molecule has 2 N–H and O–H groups in total. The Labute approximate surface area is 149 Å². The number of carbonyl (C=O) groups is 2. The highest BCUT2D eigenvalue weighted by atomic mass is 35.5. The summed E-state index contributed by atoms with van der Waals surface area (Å²) in [6, 6.07) is 12.9. The molecule has 3 amide bonds. The summed E-state index contributed by atoms with van der Waals surface area (Å²) in [4.78, 5) is 25.9. The van der Waals surface area contributed by atoms with Crippen molar-refractivity contribution in [2.75, 3.05) is 11.9 Å². The highest BCUT2D eigenvalue weighted by Gasteiger charge is 2.30. The lowest BCUT2D eigenvalue weighted by Crippen LogP contribution is -2.39. The van der Waals surface area contributed by atoms with Gasteiger partial charge >= 0.3 is 6.03 Å². The Morgan fingerprint density at radius 3 is 2.72 bits per heavy atom. The summed E-state index contributed by atoms with van der Waals surface area (Å²) < 4.78 is 13.1. The summed E-state index contributed by atoms with van der Waals surface area (Å²) in [5.74, 6) is -0.551. The standard InChI is InChI=1S/C18H17ClFN3O2/c19-15-8-13(6-7-16(15)20)21-18(25)22-14-9-17(24)23(11-14)10-12-4-2-1-3-5-12/h1-8,14H,9-11H2,(H2,21,22,25). The third kappa shape index (κ3) is 4.48. The van der Waals surface area contributed by atoms with Gasteiger partial charge in [0.15, 0.2) is 0 Å². The number of carbonyl (C=O) groups excluding carboxylic acids is 2. The third-order valence-electron chi connectivity index (χ3n) is 3.94. The average Bonchev–Trinajstić information content (AvgIpc) is 2.91. The van der Waals surface area contributed by atoms with E-state index in [9.17, 15) is 14.0 Å². The van der Waals surface area contributed by atoms with Crippen LogP contribution in [0.1, 0.15) is 12.0 Å². The number of rotatable bonds is 4. The number of urea groups is 1. The van der Waals surface area contributed by atoms with Crippen LogP contribution < -0.4 is 10.6 Å². The minimum Gasteiger partial charge on any atom is -0.336 e. The van der Waals surface area contributed by atoms with E-state index in [1.165, 1.54) is 18.2 Å². The van der Waals surface area contributed by atoms with Crippen molar-refractivity contribution in [1.82, 2.24) is 10.2 Å². The van der Waals surface area contributed by atoms with Crippen LogP contribution in [-0.2, 0) is 11.3 Å². The molecule has 1 unspecified atom stereocenters. The van der Waals surface area contributed by atoms with E-state index >= 15 is 0 Å². The van der Waals surface area contributed by atoms with Crippen molar-refractivity contribution in [1.29, 1.82) is 0 Å². The van der Waals surface area contributed by atoms with E-state index in [0.29, 0.717) is 18.8 Å². The van der Waals surface area contributed by atoms with E-state index in [-0.39, 0.29) is 23.4 Å². The molecule has 0 radical (unpaired) electrons. The summed E-state index contributed by atoms with van der Waals surface area (Å²) in [6.45, 7) is 0.971. The largest absolute Gasteiger partial charge is 0.336 e. The molecule has 25 heavy (non-hydrogen) atoms. The number of anilines is 1. The van der Waals surface area contributed by atoms with Gasteiger partial charge in [-0.3, -0.25) is 4.79 Å². The fourth-order valence-corrected chi connectivity index (χ4v) is 2.93. The molecular formula is C18H17ClFN3O2. The summed E-state index contributed by atoms with van der Waals surface area (Å²) >= 11 is 5.68. The Hall–Kier alpha value is -2.60. The number of hydrogen-bond acceptors (Lipinski definition) is 2. The maximum atomic E-state index is 13.1. The summed E-state index contributed by atoms with van der Waals surface area (Å²) in [6.07, 6.45) is 0.254. The monoisotopic (exact) mass is 361 g/mol. The van der Waals surface area contributed by atoms with Crippen molar-refractivity contribution >= 4 is 29.2 Å². The Bertz CT molecular complexity index is 785. The molecule has 2 aromatic rings. The second kappa shape index (κ2) is 7.53. The highest BCUT2D eigenvalue weighted by Crippen LogP contribution is 2.20. The number of hydrogen-bond donors (Lipinski definition) is 2. The number of halogens is 2. The molecule has 1 saturated heterocycles. The second-order valence-electron chi connectivity index (χ2n) is 5.89. The first-order valence-corrected chi connectivity index (χ1v) is 8.23. The summed E-state index contributed by atoms with van der Waals surface area (Å²) in [5, 5.41) is 5.28. The second-order valence-corrected chi connectivity index (χ2v) is 6.30. The first-order valence-electron chi connectivity index (χ1n) is 7.85. The fraction of sp³-hybridized carbons (Fsp3) is 0.222. The van der Waals surface area contributed by atoms with Crippen LogP contribution in [0.15, 0.2) is 48.5 Å². The molecule has 1 aliphatic rings. The minimum absolute atomic E-state index is 0.000945. The zero-order chi connectivity index (χ0) is 17.8. The van der Waals surface area contributed by atoms with E-state index in [4.69, 9.17) is 11.6 Å². The van der Waals surface area contributed by atoms with Crippen LogP contribution in [-0.4, -0.2) is 29.4 Å². The maximum Gasteiger partial charge on any atom is 0.319 e. The third-order valence-corrected chi connectivity index (χ3v) is 4.23. The number of likely N-dealkylation sites (tertiary alicyclic amines) is 1. The van der Waals surface area contributed by atoms with Gasteiger partial charge in [-0.05, 0) is 23.8 Å². The van der Waals surface area contributed by atoms with Crippen molar-refractivity contribution in [3.63, 3.8) is 0 Å². The van der Waals surface area contributed by atoms with Crippen molar-refractivity contribution in [2.45, 2.75) is 19.0 Å². The minimum atomic E-state index is -0.550. The predicted molar refractivity (Wildman–Crippen MR) is 93.8 cm³/mol. The lowest BCUT2D eigenvalue weighted by atomic mass is 10.2. The number of nitrogens with zero attached hydrogens (tertiary/aromatic N) is 1. The van der Waals surface area contributed by atoms with E-state index in [1.54, 1.807) is 4.90 Å². The Morgan fingerprint density at radius 2 is 2.00 bits per heavy atom. The molecule has 0 aliphatic carbocycles. The van der Waals surface area contributed by atoms with Gasteiger partial charge in [0.1, 0.15) is 5.82 Å². The van der Waals surface area contributed by atoms with Crippen molar-refractivity contribution in [3.8, 4) is 0 Å². The van der Waals surface area contributed by atoms with Crippen molar-refractivity contribution in [3.05, 3.63) is 64.9 Å². The quantitative estimate of drug-likeness (QED) is 0.876. The van der Waals surface area contributed by atoms with Gasteiger partial charge in [0.05, 0.1) is 11.1 Å². The smallest absolute Gasteiger partial charge is 0.319 e. The van der Waals surface area contributed by atoms with Crippen LogP contribution in [0.3, 0.4) is 0 Å². The van der Waals surface area contributed by atoms with Crippen LogP contribution in [0.25, 0.3) is 0 Å². The van der Waals surface area contributed by atoms with Crippen LogP contribution in [0.2, 0.25) is 5.02 Å². The van der Waals surface area contributed by atoms with Crippen molar-refractivity contribution in [2.24, 2.45) is 0 Å². The van der Waals surface area contributed by atoms with Crippen LogP contribution in [0, 0.1) is 5.82 Å². The van der Waals surface area contributed by atoms with Gasteiger partial charge in [0, 0.05) is 25.2 Å². The van der Waals surface area contributed by atoms with Gasteiger partial charge in [-0.1, -0.05) is 41.9 Å². The first-order chi connectivity index (χ1) is 12.0. The van der Waals surface area contributed by atoms with Crippen LogP contribution >= 0.6 is 11.6 Å². The molecule has 0 spiro atoms. The fourth-order valence-electron chi connectivity index (χ4n) is 2.75. The number of nitrogens with one attached hydrogen (secondary N) is 2. The zero-order valence-electron chi connectivity index (χ0n) is 13.3. The van der Waals surface area contributed by atoms with Gasteiger partial charge in [-0.15, -0.1) is 0 Å². The van der Waals surface area contributed by atoms with Crippen LogP contribution in [0.4, 0.5) is 14.9 Å². The first kappa shape index (κ1) is 17.2. The molecule has 7 heteroatoms. The lowest BCUT2D eigenvalue weighted by molar-refractivity contribution is -0.128. The molecule has 1 fully saturated rings. The molecule has 2 aromatic carbocycles. The predicted octanol–water partition coefficient (Wildman–Crippen LogP) is 3.40. The molecule has 3 rings (SSSR count). The number of benzene rings is 2. The molecule has 1 aliphatic heterocycles. The zero-order valence-corrected chi connectivity index (χ0v) is 14.1. The van der Waals surface area contributed by atoms with Gasteiger partial charge in [0.25, 0.3) is 0 Å². The Morgan fingerprint density at radius 1 is 1.24 bits per heavy atom. The van der Waals surface area contributed by atoms with E-state index in [0.717, 1.165) is 5.56 Å². The molecular weight excluding hydrogens is 345 g/mol. The van der Waals surface area contributed by atoms with Gasteiger partial charge in [0.2, 0.25) is 5.91 Å².